The summed E-state index contributed by atoms with van der Waals surface area (Å²) in [5.41, 5.74) is 1.70. The van der Waals surface area contributed by atoms with E-state index in [4.69, 9.17) is 14.2 Å². The highest BCUT2D eigenvalue weighted by Gasteiger charge is 2.50. The van der Waals surface area contributed by atoms with Crippen LogP contribution in [0.1, 0.15) is 35.2 Å². The third-order valence-electron chi connectivity index (χ3n) is 7.11. The fourth-order valence-electron chi connectivity index (χ4n) is 5.19. The van der Waals surface area contributed by atoms with E-state index >= 15 is 0 Å². The van der Waals surface area contributed by atoms with Gasteiger partial charge in [-0.1, -0.05) is 60.7 Å². The summed E-state index contributed by atoms with van der Waals surface area (Å²) in [6, 6.07) is 21.8. The van der Waals surface area contributed by atoms with Crippen molar-refractivity contribution in [2.45, 2.75) is 37.6 Å². The zero-order valence-electron chi connectivity index (χ0n) is 21.0. The molecule has 8 heteroatoms. The van der Waals surface area contributed by atoms with Crippen molar-refractivity contribution in [2.24, 2.45) is 11.8 Å². The average molecular weight is 537 g/mol. The van der Waals surface area contributed by atoms with Crippen LogP contribution in [0.25, 0.3) is 11.1 Å². The molecule has 1 saturated heterocycles. The van der Waals surface area contributed by atoms with Gasteiger partial charge in [0.15, 0.2) is 0 Å². The standard InChI is InChI=1S/C31H27F3O5/c32-31(33,34)23-9-6-10-24(17-23)37-16-5-4-11-25-26-18-29(35)38-28(26)19-27(25)39-30(36)22-14-12-21(13-15-22)20-7-2-1-3-8-20/h1-4,6-15,17,25-28H,5,16,18-19H2/b11-4+/t25?,26-,27-,28+/m1/s1. The molecule has 5 nitrogen and oxygen atoms in total. The van der Waals surface area contributed by atoms with Crippen LogP contribution in [-0.4, -0.2) is 30.8 Å². The molecule has 202 valence electrons. The lowest BCUT2D eigenvalue weighted by Gasteiger charge is -2.20. The molecule has 2 fully saturated rings. The van der Waals surface area contributed by atoms with E-state index in [9.17, 15) is 22.8 Å². The summed E-state index contributed by atoms with van der Waals surface area (Å²) in [6.07, 6.45) is -0.366. The van der Waals surface area contributed by atoms with E-state index in [0.717, 1.165) is 23.3 Å². The van der Waals surface area contributed by atoms with Gasteiger partial charge in [0.2, 0.25) is 0 Å². The molecule has 1 heterocycles. The molecule has 1 aliphatic heterocycles. The number of hydrogen-bond acceptors (Lipinski definition) is 5. The van der Waals surface area contributed by atoms with Crippen LogP contribution >= 0.6 is 0 Å². The van der Waals surface area contributed by atoms with Gasteiger partial charge in [0.25, 0.3) is 0 Å². The van der Waals surface area contributed by atoms with Gasteiger partial charge in [-0.05, 0) is 47.9 Å². The van der Waals surface area contributed by atoms with Crippen molar-refractivity contribution in [3.8, 4) is 16.9 Å². The van der Waals surface area contributed by atoms with Crippen LogP contribution in [0.2, 0.25) is 0 Å². The molecule has 39 heavy (non-hydrogen) atoms. The maximum absolute atomic E-state index is 13.0. The maximum atomic E-state index is 13.0. The van der Waals surface area contributed by atoms with E-state index in [0.29, 0.717) is 18.4 Å². The number of rotatable bonds is 8. The monoisotopic (exact) mass is 536 g/mol. The van der Waals surface area contributed by atoms with Crippen molar-refractivity contribution in [3.05, 3.63) is 102 Å². The second-order valence-corrected chi connectivity index (χ2v) is 9.69. The van der Waals surface area contributed by atoms with E-state index in [2.05, 4.69) is 0 Å². The quantitative estimate of drug-likeness (QED) is 0.179. The molecule has 0 aromatic heterocycles. The Morgan fingerprint density at radius 2 is 1.72 bits per heavy atom. The molecule has 5 rings (SSSR count). The summed E-state index contributed by atoms with van der Waals surface area (Å²) >= 11 is 0. The molecule has 0 amide bonds. The van der Waals surface area contributed by atoms with Crippen LogP contribution in [0.5, 0.6) is 5.75 Å². The highest BCUT2D eigenvalue weighted by atomic mass is 19.4. The Hall–Kier alpha value is -4.07. The molecule has 0 spiro atoms. The summed E-state index contributed by atoms with van der Waals surface area (Å²) in [5, 5.41) is 0. The van der Waals surface area contributed by atoms with Crippen LogP contribution in [0, 0.1) is 11.8 Å². The molecule has 1 unspecified atom stereocenters. The summed E-state index contributed by atoms with van der Waals surface area (Å²) in [6.45, 7) is 0.173. The van der Waals surface area contributed by atoms with E-state index in [1.54, 1.807) is 12.1 Å². The molecule has 0 N–H and O–H groups in total. The first-order valence-corrected chi connectivity index (χ1v) is 12.8. The van der Waals surface area contributed by atoms with E-state index in [1.165, 1.54) is 12.1 Å². The second kappa shape index (κ2) is 11.4. The Morgan fingerprint density at radius 1 is 0.974 bits per heavy atom. The first kappa shape index (κ1) is 26.5. The lowest BCUT2D eigenvalue weighted by atomic mass is 9.91. The van der Waals surface area contributed by atoms with Crippen molar-refractivity contribution in [1.29, 1.82) is 0 Å². The van der Waals surface area contributed by atoms with Crippen LogP contribution in [0.15, 0.2) is 91.0 Å². The van der Waals surface area contributed by atoms with Crippen molar-refractivity contribution < 1.29 is 37.0 Å². The van der Waals surface area contributed by atoms with E-state index < -0.39 is 23.8 Å². The van der Waals surface area contributed by atoms with Crippen LogP contribution < -0.4 is 4.74 Å². The van der Waals surface area contributed by atoms with Gasteiger partial charge < -0.3 is 14.2 Å². The third kappa shape index (κ3) is 6.33. The van der Waals surface area contributed by atoms with Gasteiger partial charge in [-0.15, -0.1) is 0 Å². The molecule has 0 radical (unpaired) electrons. The molecule has 3 aromatic rings. The van der Waals surface area contributed by atoms with Gasteiger partial charge in [-0.3, -0.25) is 4.79 Å². The minimum Gasteiger partial charge on any atom is -0.493 e. The van der Waals surface area contributed by atoms with Crippen LogP contribution in [0.3, 0.4) is 0 Å². The van der Waals surface area contributed by atoms with Crippen molar-refractivity contribution in [3.63, 3.8) is 0 Å². The summed E-state index contributed by atoms with van der Waals surface area (Å²) in [4.78, 5) is 24.8. The minimum atomic E-state index is -4.44. The molecule has 2 aliphatic rings. The average Bonchev–Trinajstić information content (AvgIpc) is 3.44. The number of halogens is 3. The van der Waals surface area contributed by atoms with Gasteiger partial charge >= 0.3 is 18.1 Å². The fourth-order valence-corrected chi connectivity index (χ4v) is 5.19. The molecular formula is C31H27F3O5. The summed E-state index contributed by atoms with van der Waals surface area (Å²) in [7, 11) is 0. The molecular weight excluding hydrogens is 509 g/mol. The van der Waals surface area contributed by atoms with Crippen molar-refractivity contribution >= 4 is 11.9 Å². The van der Waals surface area contributed by atoms with Gasteiger partial charge in [0.05, 0.1) is 24.2 Å². The van der Waals surface area contributed by atoms with Gasteiger partial charge in [0, 0.05) is 18.3 Å². The first-order chi connectivity index (χ1) is 18.8. The van der Waals surface area contributed by atoms with Crippen molar-refractivity contribution in [2.75, 3.05) is 6.61 Å². The predicted molar refractivity (Wildman–Crippen MR) is 138 cm³/mol. The second-order valence-electron chi connectivity index (χ2n) is 9.69. The SMILES string of the molecule is O=C1C[C@@H]2C(/C=C/CCOc3cccc(C(F)(F)F)c3)[C@H](OC(=O)c3ccc(-c4ccccc4)cc3)C[C@@H]2O1. The Labute approximate surface area is 224 Å². The normalized spacial score (nSPS) is 22.5. The Kier molecular flexibility index (Phi) is 7.72. The molecule has 1 saturated carbocycles. The smallest absolute Gasteiger partial charge is 0.416 e. The lowest BCUT2D eigenvalue weighted by molar-refractivity contribution is -0.142. The van der Waals surface area contributed by atoms with Gasteiger partial charge in [-0.2, -0.15) is 13.2 Å². The Bertz CT molecular complexity index is 1330. The topological polar surface area (TPSA) is 61.8 Å². The number of benzene rings is 3. The molecule has 1 aliphatic carbocycles. The lowest BCUT2D eigenvalue weighted by Crippen LogP contribution is -2.24. The van der Waals surface area contributed by atoms with Crippen LogP contribution in [-0.2, 0) is 20.4 Å². The van der Waals surface area contributed by atoms with Crippen LogP contribution in [0.4, 0.5) is 13.2 Å². The van der Waals surface area contributed by atoms with E-state index in [1.807, 2.05) is 54.6 Å². The zero-order valence-corrected chi connectivity index (χ0v) is 21.0. The summed E-state index contributed by atoms with van der Waals surface area (Å²) in [5.74, 6) is -0.896. The first-order valence-electron chi connectivity index (χ1n) is 12.8. The number of esters is 2. The number of fused-ring (bicyclic) bond motifs is 1. The minimum absolute atomic E-state index is 0.101. The largest absolute Gasteiger partial charge is 0.493 e. The number of carbonyl (C=O) groups is 2. The highest BCUT2D eigenvalue weighted by Crippen LogP contribution is 2.43. The summed E-state index contributed by atoms with van der Waals surface area (Å²) < 4.78 is 55.5. The van der Waals surface area contributed by atoms with E-state index in [-0.39, 0.29) is 42.7 Å². The number of carbonyl (C=O) groups excluding carboxylic acids is 2. The third-order valence-corrected chi connectivity index (χ3v) is 7.11. The number of ether oxygens (including phenoxy) is 3. The Balaban J connectivity index is 1.20. The molecule has 4 atom stereocenters. The highest BCUT2D eigenvalue weighted by molar-refractivity contribution is 5.90. The Morgan fingerprint density at radius 3 is 2.46 bits per heavy atom. The molecule has 0 bridgehead atoms. The zero-order chi connectivity index (χ0) is 27.4. The van der Waals surface area contributed by atoms with Gasteiger partial charge in [0.1, 0.15) is 18.0 Å². The molecule has 3 aromatic carbocycles. The predicted octanol–water partition coefficient (Wildman–Crippen LogP) is 6.87. The van der Waals surface area contributed by atoms with Crippen molar-refractivity contribution in [1.82, 2.24) is 0 Å². The number of alkyl halides is 3. The van der Waals surface area contributed by atoms with Gasteiger partial charge in [-0.25, -0.2) is 4.79 Å². The fraction of sp³-hybridized carbons (Fsp3) is 0.290. The number of hydrogen-bond donors (Lipinski definition) is 0. The maximum Gasteiger partial charge on any atom is 0.416 e.